The molecule has 1 aromatic carbocycles. The summed E-state index contributed by atoms with van der Waals surface area (Å²) < 4.78 is 43.8. The van der Waals surface area contributed by atoms with Crippen molar-refractivity contribution in [3.8, 4) is 5.75 Å². The van der Waals surface area contributed by atoms with E-state index in [1.54, 1.807) is 0 Å². The molecule has 0 bridgehead atoms. The summed E-state index contributed by atoms with van der Waals surface area (Å²) in [6.45, 7) is 2.55. The van der Waals surface area contributed by atoms with Crippen LogP contribution in [0.2, 0.25) is 0 Å². The Bertz CT molecular complexity index is 487. The molecule has 0 aliphatic carbocycles. The normalized spacial score (nSPS) is 12.3. The Hall–Kier alpha value is -1.92. The van der Waals surface area contributed by atoms with Crippen LogP contribution in [-0.2, 0) is 12.7 Å². The van der Waals surface area contributed by atoms with Gasteiger partial charge in [0.15, 0.2) is 5.96 Å². The highest BCUT2D eigenvalue weighted by molar-refractivity contribution is 5.77. The Morgan fingerprint density at radius 1 is 1.38 bits per heavy atom. The number of methoxy groups -OCH3 is 1. The van der Waals surface area contributed by atoms with Gasteiger partial charge in [-0.15, -0.1) is 0 Å². The van der Waals surface area contributed by atoms with E-state index in [1.165, 1.54) is 19.2 Å². The van der Waals surface area contributed by atoms with Crippen LogP contribution in [0.3, 0.4) is 0 Å². The van der Waals surface area contributed by atoms with Crippen LogP contribution in [0.25, 0.3) is 0 Å². The first-order chi connectivity index (χ1) is 9.88. The quantitative estimate of drug-likeness (QED) is 0.482. The van der Waals surface area contributed by atoms with Crippen molar-refractivity contribution in [3.63, 3.8) is 0 Å². The average Bonchev–Trinajstić information content (AvgIpc) is 2.44. The number of nitrogens with two attached hydrogens (primary N) is 1. The second kappa shape index (κ2) is 7.75. The summed E-state index contributed by atoms with van der Waals surface area (Å²) in [5.41, 5.74) is 4.91. The number of hydrogen-bond acceptors (Lipinski definition) is 2. The summed E-state index contributed by atoms with van der Waals surface area (Å²) in [7, 11) is 1.32. The monoisotopic (exact) mass is 303 g/mol. The topological polar surface area (TPSA) is 59.6 Å². The van der Waals surface area contributed by atoms with Crippen molar-refractivity contribution in [2.45, 2.75) is 32.5 Å². The van der Waals surface area contributed by atoms with E-state index < -0.39 is 11.7 Å². The van der Waals surface area contributed by atoms with Gasteiger partial charge in [0.2, 0.25) is 0 Å². The molecule has 0 aliphatic rings. The molecule has 0 radical (unpaired) electrons. The minimum Gasteiger partial charge on any atom is -0.497 e. The number of unbranched alkanes of at least 4 members (excludes halogenated alkanes) is 1. The molecular formula is C14H20F3N3O. The average molecular weight is 303 g/mol. The molecule has 1 aromatic rings. The number of aliphatic imine (C=N–C) groups is 1. The fourth-order valence-corrected chi connectivity index (χ4v) is 1.70. The van der Waals surface area contributed by atoms with Gasteiger partial charge < -0.3 is 15.8 Å². The lowest BCUT2D eigenvalue weighted by Crippen LogP contribution is -2.32. The number of nitrogens with one attached hydrogen (secondary N) is 1. The molecule has 21 heavy (non-hydrogen) atoms. The Labute approximate surface area is 122 Å². The van der Waals surface area contributed by atoms with Crippen molar-refractivity contribution in [3.05, 3.63) is 29.3 Å². The largest absolute Gasteiger partial charge is 0.497 e. The van der Waals surface area contributed by atoms with Crippen molar-refractivity contribution >= 4 is 5.96 Å². The zero-order valence-electron chi connectivity index (χ0n) is 12.1. The van der Waals surface area contributed by atoms with E-state index in [-0.39, 0.29) is 23.8 Å². The molecule has 0 saturated heterocycles. The molecule has 0 unspecified atom stereocenters. The van der Waals surface area contributed by atoms with Crippen molar-refractivity contribution in [2.75, 3.05) is 13.7 Å². The van der Waals surface area contributed by atoms with Crippen LogP contribution in [0.15, 0.2) is 23.2 Å². The molecule has 7 heteroatoms. The maximum Gasteiger partial charge on any atom is 0.416 e. The zero-order chi connectivity index (χ0) is 15.9. The number of hydrogen-bond donors (Lipinski definition) is 2. The molecule has 0 spiro atoms. The summed E-state index contributed by atoms with van der Waals surface area (Å²) in [6.07, 6.45) is -2.53. The highest BCUT2D eigenvalue weighted by Gasteiger charge is 2.33. The SMILES string of the molecule is CCCCNC(N)=NCc1ccc(OC)cc1C(F)(F)F. The molecule has 118 valence electrons. The number of guanidine groups is 1. The Morgan fingerprint density at radius 2 is 2.10 bits per heavy atom. The second-order valence-corrected chi connectivity index (χ2v) is 4.50. The number of ether oxygens (including phenoxy) is 1. The van der Waals surface area contributed by atoms with E-state index in [4.69, 9.17) is 10.5 Å². The van der Waals surface area contributed by atoms with Crippen LogP contribution >= 0.6 is 0 Å². The maximum atomic E-state index is 13.0. The summed E-state index contributed by atoms with van der Waals surface area (Å²) in [4.78, 5) is 3.94. The lowest BCUT2D eigenvalue weighted by Gasteiger charge is -2.13. The summed E-state index contributed by atoms with van der Waals surface area (Å²) in [5, 5.41) is 2.86. The molecule has 0 aliphatic heterocycles. The number of alkyl halides is 3. The van der Waals surface area contributed by atoms with Crippen LogP contribution in [0.4, 0.5) is 13.2 Å². The Kier molecular flexibility index (Phi) is 6.33. The van der Waals surface area contributed by atoms with E-state index in [0.29, 0.717) is 6.54 Å². The zero-order valence-corrected chi connectivity index (χ0v) is 12.1. The molecule has 4 nitrogen and oxygen atoms in total. The summed E-state index contributed by atoms with van der Waals surface area (Å²) >= 11 is 0. The molecular weight excluding hydrogens is 283 g/mol. The second-order valence-electron chi connectivity index (χ2n) is 4.50. The van der Waals surface area contributed by atoms with E-state index >= 15 is 0 Å². The molecule has 0 atom stereocenters. The van der Waals surface area contributed by atoms with Crippen molar-refractivity contribution < 1.29 is 17.9 Å². The van der Waals surface area contributed by atoms with Crippen molar-refractivity contribution in [1.29, 1.82) is 0 Å². The minimum atomic E-state index is -4.45. The summed E-state index contributed by atoms with van der Waals surface area (Å²) in [5.74, 6) is 0.302. The van der Waals surface area contributed by atoms with Crippen LogP contribution in [-0.4, -0.2) is 19.6 Å². The summed E-state index contributed by atoms with van der Waals surface area (Å²) in [6, 6.07) is 3.79. The fourth-order valence-electron chi connectivity index (χ4n) is 1.70. The van der Waals surface area contributed by atoms with Gasteiger partial charge >= 0.3 is 6.18 Å². The molecule has 0 amide bonds. The first-order valence-corrected chi connectivity index (χ1v) is 6.66. The van der Waals surface area contributed by atoms with Crippen LogP contribution in [0, 0.1) is 0 Å². The molecule has 3 N–H and O–H groups in total. The maximum absolute atomic E-state index is 13.0. The predicted molar refractivity (Wildman–Crippen MR) is 76.2 cm³/mol. The Balaban J connectivity index is 2.85. The van der Waals surface area contributed by atoms with Gasteiger partial charge in [-0.25, -0.2) is 4.99 Å². The van der Waals surface area contributed by atoms with Crippen LogP contribution in [0.1, 0.15) is 30.9 Å². The fraction of sp³-hybridized carbons (Fsp3) is 0.500. The number of rotatable bonds is 6. The van der Waals surface area contributed by atoms with Crippen LogP contribution < -0.4 is 15.8 Å². The van der Waals surface area contributed by atoms with Gasteiger partial charge in [0.05, 0.1) is 19.2 Å². The van der Waals surface area contributed by atoms with Gasteiger partial charge in [0.1, 0.15) is 5.75 Å². The van der Waals surface area contributed by atoms with E-state index in [9.17, 15) is 13.2 Å². The Morgan fingerprint density at radius 3 is 2.67 bits per heavy atom. The standard InChI is InChI=1S/C14H20F3N3O/c1-3-4-7-19-13(18)20-9-10-5-6-11(21-2)8-12(10)14(15,16)17/h5-6,8H,3-4,7,9H2,1-2H3,(H3,18,19,20). The molecule has 1 rings (SSSR count). The highest BCUT2D eigenvalue weighted by atomic mass is 19.4. The minimum absolute atomic E-state index is 0.0588. The number of nitrogens with zero attached hydrogens (tertiary/aromatic N) is 1. The highest BCUT2D eigenvalue weighted by Crippen LogP contribution is 2.34. The van der Waals surface area contributed by atoms with Gasteiger partial charge in [-0.05, 0) is 24.1 Å². The molecule has 0 heterocycles. The third-order valence-corrected chi connectivity index (χ3v) is 2.88. The number of benzene rings is 1. The lowest BCUT2D eigenvalue weighted by atomic mass is 10.1. The first-order valence-electron chi connectivity index (χ1n) is 6.66. The van der Waals surface area contributed by atoms with E-state index in [1.807, 2.05) is 6.92 Å². The number of halogens is 3. The smallest absolute Gasteiger partial charge is 0.416 e. The van der Waals surface area contributed by atoms with Gasteiger partial charge in [-0.1, -0.05) is 19.4 Å². The third kappa shape index (κ3) is 5.53. The van der Waals surface area contributed by atoms with Crippen LogP contribution in [0.5, 0.6) is 5.75 Å². The molecule has 0 fully saturated rings. The van der Waals surface area contributed by atoms with E-state index in [2.05, 4.69) is 10.3 Å². The van der Waals surface area contributed by atoms with Crippen molar-refractivity contribution in [2.24, 2.45) is 10.7 Å². The van der Waals surface area contributed by atoms with E-state index in [0.717, 1.165) is 18.9 Å². The van der Waals surface area contributed by atoms with Gasteiger partial charge in [0.25, 0.3) is 0 Å². The lowest BCUT2D eigenvalue weighted by molar-refractivity contribution is -0.138. The van der Waals surface area contributed by atoms with Gasteiger partial charge in [0, 0.05) is 6.54 Å². The molecule has 0 saturated carbocycles. The van der Waals surface area contributed by atoms with Crippen molar-refractivity contribution in [1.82, 2.24) is 5.32 Å². The molecule has 0 aromatic heterocycles. The first kappa shape index (κ1) is 17.1. The van der Waals surface area contributed by atoms with Gasteiger partial charge in [-0.2, -0.15) is 13.2 Å². The predicted octanol–water partition coefficient (Wildman–Crippen LogP) is 2.92. The third-order valence-electron chi connectivity index (χ3n) is 2.88. The van der Waals surface area contributed by atoms with Gasteiger partial charge in [-0.3, -0.25) is 0 Å².